The maximum absolute atomic E-state index is 4.54. The van der Waals surface area contributed by atoms with Crippen LogP contribution in [-0.4, -0.2) is 65.3 Å². The average molecular weight is 350 g/mol. The molecule has 10 heteroatoms. The molecule has 0 unspecified atom stereocenters. The maximum atomic E-state index is 4.54. The highest BCUT2D eigenvalue weighted by molar-refractivity contribution is 5.63. The fourth-order valence-corrected chi connectivity index (χ4v) is 3.46. The molecule has 0 aliphatic carbocycles. The lowest BCUT2D eigenvalue weighted by Crippen LogP contribution is -2.32. The summed E-state index contributed by atoms with van der Waals surface area (Å²) in [6.45, 7) is 5.54. The van der Waals surface area contributed by atoms with Gasteiger partial charge in [0.05, 0.1) is 0 Å². The van der Waals surface area contributed by atoms with Crippen LogP contribution in [-0.2, 0) is 0 Å². The Morgan fingerprint density at radius 1 is 1.04 bits per heavy atom. The first-order chi connectivity index (χ1) is 12.8. The van der Waals surface area contributed by atoms with E-state index in [0.717, 1.165) is 55.6 Å². The summed E-state index contributed by atoms with van der Waals surface area (Å²) in [6.07, 6.45) is 7.91. The maximum Gasteiger partial charge on any atom is 0.254 e. The lowest BCUT2D eigenvalue weighted by Gasteiger charge is -2.24. The summed E-state index contributed by atoms with van der Waals surface area (Å²) in [4.78, 5) is 17.8. The molecule has 132 valence electrons. The van der Waals surface area contributed by atoms with Crippen LogP contribution in [0.2, 0.25) is 0 Å². The first kappa shape index (κ1) is 15.0. The Balaban J connectivity index is 1.45. The minimum Gasteiger partial charge on any atom is -0.355 e. The molecule has 4 aromatic heterocycles. The van der Waals surface area contributed by atoms with E-state index in [4.69, 9.17) is 0 Å². The van der Waals surface area contributed by atoms with E-state index >= 15 is 0 Å². The van der Waals surface area contributed by atoms with Crippen LogP contribution in [0.15, 0.2) is 31.1 Å². The first-order valence-corrected chi connectivity index (χ1v) is 8.61. The summed E-state index contributed by atoms with van der Waals surface area (Å²) >= 11 is 0. The Morgan fingerprint density at radius 3 is 2.88 bits per heavy atom. The number of aromatic nitrogens is 8. The molecule has 4 aromatic rings. The van der Waals surface area contributed by atoms with E-state index < -0.39 is 0 Å². The van der Waals surface area contributed by atoms with Crippen molar-refractivity contribution in [2.45, 2.75) is 13.3 Å². The summed E-state index contributed by atoms with van der Waals surface area (Å²) < 4.78 is 3.70. The molecule has 1 aliphatic heterocycles. The molecule has 0 N–H and O–H groups in total. The van der Waals surface area contributed by atoms with Crippen molar-refractivity contribution in [2.75, 3.05) is 36.0 Å². The molecule has 1 fully saturated rings. The Morgan fingerprint density at radius 2 is 1.92 bits per heavy atom. The van der Waals surface area contributed by atoms with Gasteiger partial charge in [-0.15, -0.1) is 10.2 Å². The van der Waals surface area contributed by atoms with Crippen molar-refractivity contribution >= 4 is 23.1 Å². The van der Waals surface area contributed by atoms with Gasteiger partial charge in [-0.3, -0.25) is 4.40 Å². The minimum atomic E-state index is 0.635. The van der Waals surface area contributed by atoms with E-state index in [2.05, 4.69) is 46.1 Å². The Bertz CT molecular complexity index is 1070. The summed E-state index contributed by atoms with van der Waals surface area (Å²) in [7, 11) is 0. The van der Waals surface area contributed by atoms with Gasteiger partial charge >= 0.3 is 0 Å². The van der Waals surface area contributed by atoms with Crippen LogP contribution in [0.4, 0.5) is 11.6 Å². The van der Waals surface area contributed by atoms with Crippen LogP contribution in [0.1, 0.15) is 12.1 Å². The fraction of sp³-hybridized carbons (Fsp3) is 0.375. The second-order valence-electron chi connectivity index (χ2n) is 6.37. The first-order valence-electron chi connectivity index (χ1n) is 8.61. The SMILES string of the molecule is Cc1cc(N2CCCN(c3nccn4cnnc34)CC2)n2ncnc2n1. The normalized spacial score (nSPS) is 15.7. The monoisotopic (exact) mass is 350 g/mol. The van der Waals surface area contributed by atoms with Crippen LogP contribution in [0, 0.1) is 6.92 Å². The smallest absolute Gasteiger partial charge is 0.254 e. The number of fused-ring (bicyclic) bond motifs is 2. The summed E-state index contributed by atoms with van der Waals surface area (Å²) in [5.74, 6) is 2.54. The van der Waals surface area contributed by atoms with Crippen molar-refractivity contribution in [2.24, 2.45) is 0 Å². The van der Waals surface area contributed by atoms with Gasteiger partial charge in [0.2, 0.25) is 5.65 Å². The molecule has 0 spiro atoms. The lowest BCUT2D eigenvalue weighted by molar-refractivity contribution is 0.767. The largest absolute Gasteiger partial charge is 0.355 e. The molecular weight excluding hydrogens is 332 g/mol. The molecule has 0 atom stereocenters. The zero-order chi connectivity index (χ0) is 17.5. The van der Waals surface area contributed by atoms with Crippen LogP contribution in [0.25, 0.3) is 11.4 Å². The van der Waals surface area contributed by atoms with Crippen LogP contribution in [0.3, 0.4) is 0 Å². The fourth-order valence-electron chi connectivity index (χ4n) is 3.46. The van der Waals surface area contributed by atoms with Crippen molar-refractivity contribution in [3.05, 3.63) is 36.8 Å². The van der Waals surface area contributed by atoms with Gasteiger partial charge in [-0.25, -0.2) is 9.97 Å². The minimum absolute atomic E-state index is 0.635. The van der Waals surface area contributed by atoms with E-state index in [1.54, 1.807) is 23.4 Å². The van der Waals surface area contributed by atoms with Crippen LogP contribution < -0.4 is 9.80 Å². The van der Waals surface area contributed by atoms with Crippen LogP contribution in [0.5, 0.6) is 0 Å². The van der Waals surface area contributed by atoms with Gasteiger partial charge in [0, 0.05) is 50.3 Å². The van der Waals surface area contributed by atoms with Gasteiger partial charge in [-0.2, -0.15) is 14.6 Å². The highest BCUT2D eigenvalue weighted by atomic mass is 15.4. The number of hydrogen-bond donors (Lipinski definition) is 0. The standard InChI is InChI=1S/C16H18N10/c1-12-9-13(26-16(21-12)18-10-20-26)23-4-2-5-24(8-7-23)14-15-22-19-11-25(15)6-3-17-14/h3,6,9-11H,2,4-5,7-8H2,1H3. The second-order valence-corrected chi connectivity index (χ2v) is 6.37. The van der Waals surface area contributed by atoms with Gasteiger partial charge in [-0.05, 0) is 13.3 Å². The van der Waals surface area contributed by atoms with E-state index in [1.165, 1.54) is 0 Å². The molecule has 0 radical (unpaired) electrons. The van der Waals surface area contributed by atoms with Gasteiger partial charge in [0.25, 0.3) is 5.78 Å². The predicted octanol–water partition coefficient (Wildman–Crippen LogP) is 0.587. The molecule has 10 nitrogen and oxygen atoms in total. The average Bonchev–Trinajstić information content (AvgIpc) is 3.24. The Kier molecular flexibility index (Phi) is 3.40. The third-order valence-electron chi connectivity index (χ3n) is 4.68. The van der Waals surface area contributed by atoms with Gasteiger partial charge < -0.3 is 9.80 Å². The zero-order valence-electron chi connectivity index (χ0n) is 14.4. The third kappa shape index (κ3) is 2.41. The highest BCUT2D eigenvalue weighted by Crippen LogP contribution is 2.21. The summed E-state index contributed by atoms with van der Waals surface area (Å²) in [5, 5.41) is 12.5. The number of nitrogens with zero attached hydrogens (tertiary/aromatic N) is 10. The van der Waals surface area contributed by atoms with E-state index in [1.807, 2.05) is 17.5 Å². The van der Waals surface area contributed by atoms with Crippen LogP contribution >= 0.6 is 0 Å². The molecule has 0 amide bonds. The van der Waals surface area contributed by atoms with Crippen molar-refractivity contribution in [3.63, 3.8) is 0 Å². The van der Waals surface area contributed by atoms with Gasteiger partial charge in [0.15, 0.2) is 5.82 Å². The number of anilines is 2. The Hall–Kier alpha value is -3.30. The molecule has 26 heavy (non-hydrogen) atoms. The molecule has 0 aromatic carbocycles. The summed E-state index contributed by atoms with van der Waals surface area (Å²) in [5.41, 5.74) is 1.73. The number of hydrogen-bond acceptors (Lipinski definition) is 8. The van der Waals surface area contributed by atoms with E-state index in [9.17, 15) is 0 Å². The predicted molar refractivity (Wildman–Crippen MR) is 95.3 cm³/mol. The molecule has 1 aliphatic rings. The lowest BCUT2D eigenvalue weighted by atomic mass is 10.3. The molecule has 1 saturated heterocycles. The topological polar surface area (TPSA) is 92.6 Å². The van der Waals surface area contributed by atoms with Crippen molar-refractivity contribution in [1.82, 2.24) is 39.2 Å². The van der Waals surface area contributed by atoms with E-state index in [0.29, 0.717) is 5.78 Å². The molecule has 0 bridgehead atoms. The number of aryl methyl sites for hydroxylation is 1. The second kappa shape index (κ2) is 5.90. The molecule has 0 saturated carbocycles. The summed E-state index contributed by atoms with van der Waals surface area (Å²) in [6, 6.07) is 2.06. The third-order valence-corrected chi connectivity index (χ3v) is 4.68. The zero-order valence-corrected chi connectivity index (χ0v) is 14.4. The Labute approximate surface area is 149 Å². The number of rotatable bonds is 2. The van der Waals surface area contributed by atoms with Crippen molar-refractivity contribution in [1.29, 1.82) is 0 Å². The quantitative estimate of drug-likeness (QED) is 0.518. The van der Waals surface area contributed by atoms with E-state index in [-0.39, 0.29) is 0 Å². The molecule has 5 rings (SSSR count). The van der Waals surface area contributed by atoms with Gasteiger partial charge in [-0.1, -0.05) is 0 Å². The highest BCUT2D eigenvalue weighted by Gasteiger charge is 2.21. The van der Waals surface area contributed by atoms with Crippen molar-refractivity contribution in [3.8, 4) is 0 Å². The molecular formula is C16H18N10. The van der Waals surface area contributed by atoms with Gasteiger partial charge in [0.1, 0.15) is 18.5 Å². The molecule has 5 heterocycles. The van der Waals surface area contributed by atoms with Crippen molar-refractivity contribution < 1.29 is 0 Å².